The zero-order chi connectivity index (χ0) is 24.9. The molecule has 34 heavy (non-hydrogen) atoms. The normalized spacial score (nSPS) is 11.0. The number of likely N-dealkylation sites (N-methyl/N-ethyl adjacent to an activating group) is 1. The van der Waals surface area contributed by atoms with Gasteiger partial charge in [-0.1, -0.05) is 11.6 Å². The number of alkyl halides is 3. The number of carbonyl (C=O) groups is 2. The number of ether oxygens (including phenoxy) is 1. The van der Waals surface area contributed by atoms with Crippen LogP contribution >= 0.6 is 11.6 Å². The standard InChI is InChI=1S/C22H17ClF4N4O3/c1-28-20(32)10-13-8-15(6-7-29-13)34-14-3-5-19(18(24)11-14)31-21(33)30-12-2-4-17(23)16(9-12)22(25,26)27/h2-9,11H,10H2,1H3,(H,28,32)(H2,30,31,33). The molecule has 0 aliphatic rings. The molecule has 0 bridgehead atoms. The minimum absolute atomic E-state index is 0.0398. The van der Waals surface area contributed by atoms with Crippen LogP contribution in [0, 0.1) is 5.82 Å². The molecular formula is C22H17ClF4N4O3. The maximum absolute atomic E-state index is 14.5. The minimum Gasteiger partial charge on any atom is -0.457 e. The Morgan fingerprint density at radius 3 is 2.44 bits per heavy atom. The fourth-order valence-electron chi connectivity index (χ4n) is 2.77. The van der Waals surface area contributed by atoms with Crippen molar-refractivity contribution in [3.05, 3.63) is 76.8 Å². The van der Waals surface area contributed by atoms with Gasteiger partial charge in [0.15, 0.2) is 0 Å². The number of amides is 3. The number of carbonyl (C=O) groups excluding carboxylic acids is 2. The Bertz CT molecular complexity index is 1220. The number of urea groups is 1. The van der Waals surface area contributed by atoms with E-state index in [0.717, 1.165) is 12.1 Å². The summed E-state index contributed by atoms with van der Waals surface area (Å²) in [7, 11) is 1.50. The fraction of sp³-hybridized carbons (Fsp3) is 0.136. The predicted octanol–water partition coefficient (Wildman–Crippen LogP) is 5.62. The molecule has 0 atom stereocenters. The monoisotopic (exact) mass is 496 g/mol. The van der Waals surface area contributed by atoms with E-state index in [1.54, 1.807) is 0 Å². The van der Waals surface area contributed by atoms with Crippen molar-refractivity contribution in [1.29, 1.82) is 0 Å². The summed E-state index contributed by atoms with van der Waals surface area (Å²) in [6.07, 6.45) is -3.23. The Labute approximate surface area is 196 Å². The minimum atomic E-state index is -4.70. The van der Waals surface area contributed by atoms with Gasteiger partial charge in [0.1, 0.15) is 17.3 Å². The third-order valence-electron chi connectivity index (χ3n) is 4.36. The molecule has 2 aromatic carbocycles. The van der Waals surface area contributed by atoms with E-state index < -0.39 is 28.6 Å². The van der Waals surface area contributed by atoms with Crippen molar-refractivity contribution in [3.8, 4) is 11.5 Å². The van der Waals surface area contributed by atoms with Crippen molar-refractivity contribution >= 4 is 34.9 Å². The first-order valence-corrected chi connectivity index (χ1v) is 10.0. The van der Waals surface area contributed by atoms with Crippen LogP contribution < -0.4 is 20.7 Å². The molecule has 0 aliphatic carbocycles. The van der Waals surface area contributed by atoms with Gasteiger partial charge in [0.05, 0.1) is 28.4 Å². The lowest BCUT2D eigenvalue weighted by atomic mass is 10.2. The maximum Gasteiger partial charge on any atom is 0.417 e. The van der Waals surface area contributed by atoms with Crippen LogP contribution in [0.3, 0.4) is 0 Å². The first-order chi connectivity index (χ1) is 16.0. The number of aromatic nitrogens is 1. The molecule has 1 aromatic heterocycles. The molecule has 3 amide bonds. The van der Waals surface area contributed by atoms with E-state index in [0.29, 0.717) is 17.5 Å². The maximum atomic E-state index is 14.5. The molecule has 0 aliphatic heterocycles. The van der Waals surface area contributed by atoms with E-state index >= 15 is 0 Å². The van der Waals surface area contributed by atoms with Crippen LogP contribution in [0.4, 0.5) is 33.7 Å². The summed E-state index contributed by atoms with van der Waals surface area (Å²) in [5, 5.41) is 6.36. The first-order valence-electron chi connectivity index (χ1n) is 9.63. The molecule has 178 valence electrons. The number of rotatable bonds is 6. The fourth-order valence-corrected chi connectivity index (χ4v) is 3.00. The average Bonchev–Trinajstić information content (AvgIpc) is 2.76. The van der Waals surface area contributed by atoms with Gasteiger partial charge in [-0.3, -0.25) is 9.78 Å². The number of benzene rings is 2. The van der Waals surface area contributed by atoms with Gasteiger partial charge in [-0.25, -0.2) is 9.18 Å². The van der Waals surface area contributed by atoms with Crippen LogP contribution in [0.25, 0.3) is 0 Å². The molecule has 7 nitrogen and oxygen atoms in total. The van der Waals surface area contributed by atoms with Crippen LogP contribution in [0.15, 0.2) is 54.7 Å². The van der Waals surface area contributed by atoms with Gasteiger partial charge in [0.25, 0.3) is 0 Å². The van der Waals surface area contributed by atoms with E-state index in [2.05, 4.69) is 20.9 Å². The SMILES string of the molecule is CNC(=O)Cc1cc(Oc2ccc(NC(=O)Nc3ccc(Cl)c(C(F)(F)F)c3)c(F)c2)ccn1. The van der Waals surface area contributed by atoms with Crippen LogP contribution in [0.2, 0.25) is 5.02 Å². The van der Waals surface area contributed by atoms with E-state index in [1.165, 1.54) is 43.6 Å². The highest BCUT2D eigenvalue weighted by molar-refractivity contribution is 6.31. The Kier molecular flexibility index (Phi) is 7.57. The lowest BCUT2D eigenvalue weighted by molar-refractivity contribution is -0.137. The number of anilines is 2. The molecule has 1 heterocycles. The van der Waals surface area contributed by atoms with Gasteiger partial charge >= 0.3 is 12.2 Å². The third-order valence-corrected chi connectivity index (χ3v) is 4.69. The van der Waals surface area contributed by atoms with Crippen molar-refractivity contribution in [2.45, 2.75) is 12.6 Å². The van der Waals surface area contributed by atoms with Crippen LogP contribution in [0.5, 0.6) is 11.5 Å². The molecule has 0 radical (unpaired) electrons. The number of pyridine rings is 1. The van der Waals surface area contributed by atoms with Gasteiger partial charge in [0, 0.05) is 31.1 Å². The van der Waals surface area contributed by atoms with E-state index in [9.17, 15) is 27.2 Å². The second-order valence-corrected chi connectivity index (χ2v) is 7.26. The van der Waals surface area contributed by atoms with Crippen molar-refractivity contribution in [3.63, 3.8) is 0 Å². The zero-order valence-electron chi connectivity index (χ0n) is 17.5. The average molecular weight is 497 g/mol. The molecule has 3 aromatic rings. The number of halogens is 5. The highest BCUT2D eigenvalue weighted by Gasteiger charge is 2.33. The number of nitrogens with zero attached hydrogens (tertiary/aromatic N) is 1. The van der Waals surface area contributed by atoms with Crippen molar-refractivity contribution in [2.75, 3.05) is 17.7 Å². The first kappa shape index (κ1) is 24.8. The Balaban J connectivity index is 1.66. The van der Waals surface area contributed by atoms with Crippen LogP contribution in [-0.4, -0.2) is 24.0 Å². The van der Waals surface area contributed by atoms with Crippen LogP contribution in [-0.2, 0) is 17.4 Å². The predicted molar refractivity (Wildman–Crippen MR) is 118 cm³/mol. The van der Waals surface area contributed by atoms with E-state index in [4.69, 9.17) is 16.3 Å². The van der Waals surface area contributed by atoms with Gasteiger partial charge in [-0.05, 0) is 36.4 Å². The van der Waals surface area contributed by atoms with Gasteiger partial charge in [-0.15, -0.1) is 0 Å². The van der Waals surface area contributed by atoms with Crippen molar-refractivity contribution in [2.24, 2.45) is 0 Å². The molecule has 0 spiro atoms. The molecular weight excluding hydrogens is 480 g/mol. The summed E-state index contributed by atoms with van der Waals surface area (Å²) in [5.74, 6) is -0.667. The highest BCUT2D eigenvalue weighted by Crippen LogP contribution is 2.36. The quantitative estimate of drug-likeness (QED) is 0.386. The zero-order valence-corrected chi connectivity index (χ0v) is 18.2. The number of nitrogens with one attached hydrogen (secondary N) is 3. The third kappa shape index (κ3) is 6.58. The Hall–Kier alpha value is -3.86. The molecule has 3 rings (SSSR count). The largest absolute Gasteiger partial charge is 0.457 e. The highest BCUT2D eigenvalue weighted by atomic mass is 35.5. The summed E-state index contributed by atoms with van der Waals surface area (Å²) in [4.78, 5) is 27.7. The molecule has 0 unspecified atom stereocenters. The lowest BCUT2D eigenvalue weighted by Crippen LogP contribution is -2.20. The summed E-state index contributed by atoms with van der Waals surface area (Å²) in [6, 6.07) is 8.53. The molecule has 0 fully saturated rings. The number of hydrogen-bond donors (Lipinski definition) is 3. The van der Waals surface area contributed by atoms with Crippen molar-refractivity contribution in [1.82, 2.24) is 10.3 Å². The van der Waals surface area contributed by atoms with Gasteiger partial charge in [-0.2, -0.15) is 13.2 Å². The second-order valence-electron chi connectivity index (χ2n) is 6.85. The van der Waals surface area contributed by atoms with Crippen LogP contribution in [0.1, 0.15) is 11.3 Å². The van der Waals surface area contributed by atoms with E-state index in [-0.39, 0.29) is 29.5 Å². The molecule has 12 heteroatoms. The summed E-state index contributed by atoms with van der Waals surface area (Å²) >= 11 is 5.55. The lowest BCUT2D eigenvalue weighted by Gasteiger charge is -2.13. The van der Waals surface area contributed by atoms with Crippen molar-refractivity contribution < 1.29 is 31.9 Å². The Morgan fingerprint density at radius 2 is 1.76 bits per heavy atom. The summed E-state index contributed by atoms with van der Waals surface area (Å²) in [5.41, 5.74) is -1.08. The molecule has 0 saturated carbocycles. The van der Waals surface area contributed by atoms with Gasteiger partial charge < -0.3 is 20.7 Å². The number of hydrogen-bond acceptors (Lipinski definition) is 4. The van der Waals surface area contributed by atoms with E-state index in [1.807, 2.05) is 0 Å². The summed E-state index contributed by atoms with van der Waals surface area (Å²) < 4.78 is 58.9. The smallest absolute Gasteiger partial charge is 0.417 e. The van der Waals surface area contributed by atoms with Gasteiger partial charge in [0.2, 0.25) is 5.91 Å². The summed E-state index contributed by atoms with van der Waals surface area (Å²) in [6.45, 7) is 0. The second kappa shape index (κ2) is 10.4. The molecule has 0 saturated heterocycles. The topological polar surface area (TPSA) is 92.4 Å². The molecule has 3 N–H and O–H groups in total. The Morgan fingerprint density at radius 1 is 1.03 bits per heavy atom.